The summed E-state index contributed by atoms with van der Waals surface area (Å²) >= 11 is 0. The summed E-state index contributed by atoms with van der Waals surface area (Å²) < 4.78 is 17.0. The molecule has 144 valence electrons. The van der Waals surface area contributed by atoms with Crippen LogP contribution in [0.3, 0.4) is 0 Å². The fraction of sp³-hybridized carbons (Fsp3) is 0.600. The summed E-state index contributed by atoms with van der Waals surface area (Å²) in [6.07, 6.45) is 4.53. The van der Waals surface area contributed by atoms with E-state index < -0.39 is 11.4 Å². The van der Waals surface area contributed by atoms with E-state index in [0.29, 0.717) is 19.5 Å². The van der Waals surface area contributed by atoms with Gasteiger partial charge in [-0.3, -0.25) is 4.98 Å². The second-order valence-corrected chi connectivity index (χ2v) is 7.62. The zero-order valence-electron chi connectivity index (χ0n) is 16.4. The van der Waals surface area contributed by atoms with Crippen LogP contribution in [0.5, 0.6) is 0 Å². The topological polar surface area (TPSA) is 60.9 Å². The first kappa shape index (κ1) is 20.4. The van der Waals surface area contributed by atoms with Crippen LogP contribution in [0.1, 0.15) is 38.4 Å². The van der Waals surface area contributed by atoms with Gasteiger partial charge in [0.1, 0.15) is 11.3 Å². The van der Waals surface area contributed by atoms with E-state index in [4.69, 9.17) is 14.2 Å². The molecule has 1 atom stereocenters. The average molecular weight is 362 g/mol. The van der Waals surface area contributed by atoms with Gasteiger partial charge in [0.05, 0.1) is 0 Å². The van der Waals surface area contributed by atoms with Gasteiger partial charge >= 0.3 is 6.09 Å². The molecular formula is C20H30N2O4. The third-order valence-electron chi connectivity index (χ3n) is 4.46. The predicted molar refractivity (Wildman–Crippen MR) is 99.7 cm³/mol. The first-order valence-electron chi connectivity index (χ1n) is 8.88. The van der Waals surface area contributed by atoms with Gasteiger partial charge in [-0.1, -0.05) is 12.1 Å². The molecule has 1 heterocycles. The number of rotatable bonds is 6. The Morgan fingerprint density at radius 2 is 2.12 bits per heavy atom. The number of hydrogen-bond acceptors (Lipinski definition) is 5. The highest BCUT2D eigenvalue weighted by Crippen LogP contribution is 2.40. The minimum Gasteiger partial charge on any atom is -0.444 e. The maximum Gasteiger partial charge on any atom is 0.410 e. The number of carbonyl (C=O) groups excluding carboxylic acids is 1. The summed E-state index contributed by atoms with van der Waals surface area (Å²) in [5, 5.41) is 0. The van der Waals surface area contributed by atoms with Gasteiger partial charge in [0.15, 0.2) is 0 Å². The van der Waals surface area contributed by atoms with E-state index in [1.165, 1.54) is 0 Å². The molecule has 6 heteroatoms. The number of nitrogens with zero attached hydrogens (tertiary/aromatic N) is 2. The second-order valence-electron chi connectivity index (χ2n) is 7.62. The van der Waals surface area contributed by atoms with Crippen molar-refractivity contribution in [1.29, 1.82) is 0 Å². The van der Waals surface area contributed by atoms with Crippen LogP contribution in [-0.2, 0) is 26.4 Å². The second kappa shape index (κ2) is 8.18. The van der Waals surface area contributed by atoms with Gasteiger partial charge in [0.2, 0.25) is 5.79 Å². The van der Waals surface area contributed by atoms with Gasteiger partial charge < -0.3 is 19.1 Å². The summed E-state index contributed by atoms with van der Waals surface area (Å²) in [6.45, 7) is 10.3. The van der Waals surface area contributed by atoms with E-state index in [1.807, 2.05) is 32.9 Å². The van der Waals surface area contributed by atoms with E-state index in [-0.39, 0.29) is 12.0 Å². The first-order valence-corrected chi connectivity index (χ1v) is 8.88. The molecule has 1 aliphatic carbocycles. The van der Waals surface area contributed by atoms with Gasteiger partial charge in [-0.05, 0) is 44.7 Å². The maximum atomic E-state index is 12.5. The Kier molecular flexibility index (Phi) is 6.42. The van der Waals surface area contributed by atoms with Gasteiger partial charge in [-0.15, -0.1) is 6.58 Å². The zero-order valence-corrected chi connectivity index (χ0v) is 16.4. The molecule has 0 aromatic carbocycles. The highest BCUT2D eigenvalue weighted by atomic mass is 16.7. The van der Waals surface area contributed by atoms with E-state index in [0.717, 1.165) is 17.7 Å². The third kappa shape index (κ3) is 4.62. The van der Waals surface area contributed by atoms with Crippen molar-refractivity contribution in [2.75, 3.05) is 27.3 Å². The van der Waals surface area contributed by atoms with E-state index in [2.05, 4.69) is 11.6 Å². The summed E-state index contributed by atoms with van der Waals surface area (Å²) in [5.41, 5.74) is 1.35. The molecule has 0 saturated carbocycles. The molecule has 1 aromatic rings. The van der Waals surface area contributed by atoms with Crippen molar-refractivity contribution < 1.29 is 19.0 Å². The number of ether oxygens (including phenoxy) is 3. The third-order valence-corrected chi connectivity index (χ3v) is 4.46. The number of fused-ring (bicyclic) bond motifs is 1. The molecule has 0 aliphatic heterocycles. The lowest BCUT2D eigenvalue weighted by Gasteiger charge is -2.40. The van der Waals surface area contributed by atoms with Crippen LogP contribution in [0.25, 0.3) is 0 Å². The highest BCUT2D eigenvalue weighted by molar-refractivity contribution is 5.68. The standard InChI is InChI=1S/C20H30N2O4/c1-7-11-22(18(23)26-19(2,3)4)14-15-12-16-9-8-10-21-17(16)20(13-15,24-5)25-6/h7-10,15H,1,11-14H2,2-6H3. The van der Waals surface area contributed by atoms with Crippen LogP contribution >= 0.6 is 0 Å². The molecule has 1 unspecified atom stereocenters. The quantitative estimate of drug-likeness (QED) is 0.572. The van der Waals surface area contributed by atoms with Crippen LogP contribution in [0.15, 0.2) is 31.0 Å². The lowest BCUT2D eigenvalue weighted by atomic mass is 9.82. The van der Waals surface area contributed by atoms with Crippen LogP contribution in [0, 0.1) is 5.92 Å². The highest BCUT2D eigenvalue weighted by Gasteiger charge is 2.43. The van der Waals surface area contributed by atoms with Crippen molar-refractivity contribution in [1.82, 2.24) is 9.88 Å². The molecule has 0 spiro atoms. The SMILES string of the molecule is C=CCN(CC1Cc2cccnc2C(OC)(OC)C1)C(=O)OC(C)(C)C. The lowest BCUT2D eigenvalue weighted by molar-refractivity contribution is -0.234. The number of hydrogen-bond donors (Lipinski definition) is 0. The minimum atomic E-state index is -0.896. The molecule has 26 heavy (non-hydrogen) atoms. The molecule has 2 rings (SSSR count). The average Bonchev–Trinajstić information content (AvgIpc) is 2.59. The van der Waals surface area contributed by atoms with Crippen molar-refractivity contribution in [3.05, 3.63) is 42.2 Å². The number of pyridine rings is 1. The Morgan fingerprint density at radius 1 is 1.42 bits per heavy atom. The number of amides is 1. The molecule has 0 bridgehead atoms. The number of methoxy groups -OCH3 is 2. The van der Waals surface area contributed by atoms with Gasteiger partial charge in [-0.2, -0.15) is 0 Å². The molecule has 0 radical (unpaired) electrons. The molecule has 1 aromatic heterocycles. The van der Waals surface area contributed by atoms with E-state index in [1.54, 1.807) is 31.4 Å². The van der Waals surface area contributed by atoms with Crippen LogP contribution < -0.4 is 0 Å². The van der Waals surface area contributed by atoms with Gasteiger partial charge in [0, 0.05) is 39.9 Å². The summed E-state index contributed by atoms with van der Waals surface area (Å²) in [4.78, 5) is 18.7. The normalized spacial score (nSPS) is 18.7. The smallest absolute Gasteiger partial charge is 0.410 e. The largest absolute Gasteiger partial charge is 0.444 e. The molecule has 0 N–H and O–H groups in total. The molecule has 0 fully saturated rings. The predicted octanol–water partition coefficient (Wildman–Crippen LogP) is 3.51. The van der Waals surface area contributed by atoms with Crippen LogP contribution in [0.2, 0.25) is 0 Å². The Labute approximate surface area is 156 Å². The summed E-state index contributed by atoms with van der Waals surface area (Å²) in [6, 6.07) is 3.94. The Morgan fingerprint density at radius 3 is 2.69 bits per heavy atom. The van der Waals surface area contributed by atoms with Gasteiger partial charge in [0.25, 0.3) is 0 Å². The van der Waals surface area contributed by atoms with E-state index in [9.17, 15) is 4.79 Å². The molecule has 6 nitrogen and oxygen atoms in total. The number of aromatic nitrogens is 1. The lowest BCUT2D eigenvalue weighted by Crippen LogP contribution is -2.45. The summed E-state index contributed by atoms with van der Waals surface area (Å²) in [7, 11) is 3.25. The van der Waals surface area contributed by atoms with Crippen molar-refractivity contribution >= 4 is 6.09 Å². The summed E-state index contributed by atoms with van der Waals surface area (Å²) in [5.74, 6) is -0.744. The molecule has 0 saturated heterocycles. The number of carbonyl (C=O) groups is 1. The van der Waals surface area contributed by atoms with Gasteiger partial charge in [-0.25, -0.2) is 4.79 Å². The fourth-order valence-corrected chi connectivity index (χ4v) is 3.40. The molecular weight excluding hydrogens is 332 g/mol. The van der Waals surface area contributed by atoms with Crippen molar-refractivity contribution in [3.8, 4) is 0 Å². The Hall–Kier alpha value is -1.92. The van der Waals surface area contributed by atoms with E-state index >= 15 is 0 Å². The van der Waals surface area contributed by atoms with Crippen molar-refractivity contribution in [2.24, 2.45) is 5.92 Å². The Bertz CT molecular complexity index is 635. The van der Waals surface area contributed by atoms with Crippen LogP contribution in [-0.4, -0.2) is 48.9 Å². The molecule has 1 aliphatic rings. The monoisotopic (exact) mass is 362 g/mol. The Balaban J connectivity index is 2.22. The zero-order chi connectivity index (χ0) is 19.4. The van der Waals surface area contributed by atoms with Crippen LogP contribution in [0.4, 0.5) is 4.79 Å². The fourth-order valence-electron chi connectivity index (χ4n) is 3.40. The molecule has 1 amide bonds. The first-order chi connectivity index (χ1) is 12.2. The van der Waals surface area contributed by atoms with Crippen molar-refractivity contribution in [2.45, 2.75) is 45.0 Å². The van der Waals surface area contributed by atoms with Crippen molar-refractivity contribution in [3.63, 3.8) is 0 Å². The maximum absolute atomic E-state index is 12.5. The minimum absolute atomic E-state index is 0.152.